The summed E-state index contributed by atoms with van der Waals surface area (Å²) in [6.45, 7) is 6.04. The first kappa shape index (κ1) is 22.1. The van der Waals surface area contributed by atoms with Crippen LogP contribution in [0.4, 0.5) is 5.69 Å². The fourth-order valence-corrected chi connectivity index (χ4v) is 3.31. The topological polar surface area (TPSA) is 64.6 Å². The van der Waals surface area contributed by atoms with Crippen LogP contribution in [0.2, 0.25) is 0 Å². The molecule has 1 atom stereocenters. The van der Waals surface area contributed by atoms with Crippen molar-refractivity contribution in [3.8, 4) is 5.75 Å². The van der Waals surface area contributed by atoms with E-state index in [-0.39, 0.29) is 11.3 Å². The minimum atomic E-state index is -0.713. The lowest BCUT2D eigenvalue weighted by Gasteiger charge is -2.26. The Bertz CT molecular complexity index is 1040. The first-order valence-corrected chi connectivity index (χ1v) is 10.1. The SMILES string of the molecule is COC(=O)c1cccc(NC(=O)C(C)Oc2ccc(C(C)(C)c3ccccc3)cc2)c1. The summed E-state index contributed by atoms with van der Waals surface area (Å²) in [7, 11) is 1.32. The van der Waals surface area contributed by atoms with Gasteiger partial charge in [0.1, 0.15) is 5.75 Å². The quantitative estimate of drug-likeness (QED) is 0.536. The summed E-state index contributed by atoms with van der Waals surface area (Å²) in [6, 6.07) is 24.7. The minimum absolute atomic E-state index is 0.145. The van der Waals surface area contributed by atoms with Crippen LogP contribution in [0.1, 0.15) is 42.3 Å². The van der Waals surface area contributed by atoms with Crippen molar-refractivity contribution in [2.75, 3.05) is 12.4 Å². The number of amides is 1. The molecule has 31 heavy (non-hydrogen) atoms. The van der Waals surface area contributed by atoms with E-state index in [9.17, 15) is 9.59 Å². The highest BCUT2D eigenvalue weighted by molar-refractivity contribution is 5.96. The third-order valence-corrected chi connectivity index (χ3v) is 5.30. The molecule has 0 saturated carbocycles. The van der Waals surface area contributed by atoms with Gasteiger partial charge in [-0.2, -0.15) is 0 Å². The Morgan fingerprint density at radius 1 is 0.871 bits per heavy atom. The Kier molecular flexibility index (Phi) is 6.75. The van der Waals surface area contributed by atoms with Crippen LogP contribution in [0.15, 0.2) is 78.9 Å². The van der Waals surface area contributed by atoms with E-state index < -0.39 is 12.1 Å². The van der Waals surface area contributed by atoms with Gasteiger partial charge in [0.15, 0.2) is 6.10 Å². The Balaban J connectivity index is 1.65. The minimum Gasteiger partial charge on any atom is -0.481 e. The summed E-state index contributed by atoms with van der Waals surface area (Å²) in [6.07, 6.45) is -0.713. The van der Waals surface area contributed by atoms with E-state index in [1.165, 1.54) is 12.7 Å². The van der Waals surface area contributed by atoms with Crippen LogP contribution < -0.4 is 10.1 Å². The molecular formula is C26H27NO4. The smallest absolute Gasteiger partial charge is 0.337 e. The molecule has 0 aromatic heterocycles. The number of benzene rings is 3. The summed E-state index contributed by atoms with van der Waals surface area (Å²) in [5.74, 6) is -0.159. The van der Waals surface area contributed by atoms with Gasteiger partial charge in [0.05, 0.1) is 12.7 Å². The van der Waals surface area contributed by atoms with Gasteiger partial charge in [0.2, 0.25) is 0 Å². The molecule has 3 aromatic carbocycles. The molecule has 0 aliphatic carbocycles. The molecule has 1 amide bonds. The highest BCUT2D eigenvalue weighted by Crippen LogP contribution is 2.32. The molecule has 0 radical (unpaired) electrons. The molecule has 5 heteroatoms. The summed E-state index contributed by atoms with van der Waals surface area (Å²) in [5.41, 5.74) is 3.11. The highest BCUT2D eigenvalue weighted by Gasteiger charge is 2.23. The standard InChI is InChI=1S/C26H27NO4/c1-18(24(28)27-22-12-8-9-19(17-22)25(29)30-4)31-23-15-13-21(14-16-23)26(2,3)20-10-6-5-7-11-20/h5-18H,1-4H3,(H,27,28). The van der Waals surface area contributed by atoms with E-state index in [2.05, 4.69) is 31.3 Å². The number of carbonyl (C=O) groups is 2. The summed E-state index contributed by atoms with van der Waals surface area (Å²) >= 11 is 0. The number of carbonyl (C=O) groups excluding carboxylic acids is 2. The van der Waals surface area contributed by atoms with E-state index in [0.29, 0.717) is 17.0 Å². The number of rotatable bonds is 7. The number of methoxy groups -OCH3 is 1. The van der Waals surface area contributed by atoms with Crippen molar-refractivity contribution in [3.05, 3.63) is 95.6 Å². The fourth-order valence-electron chi connectivity index (χ4n) is 3.31. The maximum Gasteiger partial charge on any atom is 0.337 e. The maximum absolute atomic E-state index is 12.5. The van der Waals surface area contributed by atoms with Crippen LogP contribution in [0.5, 0.6) is 5.75 Å². The Morgan fingerprint density at radius 2 is 1.52 bits per heavy atom. The number of ether oxygens (including phenoxy) is 2. The monoisotopic (exact) mass is 417 g/mol. The van der Waals surface area contributed by atoms with Crippen molar-refractivity contribution >= 4 is 17.6 Å². The van der Waals surface area contributed by atoms with Gasteiger partial charge in [0.25, 0.3) is 5.91 Å². The molecule has 1 N–H and O–H groups in total. The lowest BCUT2D eigenvalue weighted by molar-refractivity contribution is -0.122. The van der Waals surface area contributed by atoms with Crippen LogP contribution in [-0.2, 0) is 14.9 Å². The highest BCUT2D eigenvalue weighted by atomic mass is 16.5. The zero-order valence-electron chi connectivity index (χ0n) is 18.2. The molecule has 0 fully saturated rings. The largest absolute Gasteiger partial charge is 0.481 e. The molecule has 0 saturated heterocycles. The number of hydrogen-bond acceptors (Lipinski definition) is 4. The van der Waals surface area contributed by atoms with Crippen molar-refractivity contribution in [3.63, 3.8) is 0 Å². The summed E-state index contributed by atoms with van der Waals surface area (Å²) in [4.78, 5) is 24.2. The fraction of sp³-hybridized carbons (Fsp3) is 0.231. The second-order valence-corrected chi connectivity index (χ2v) is 7.84. The van der Waals surface area contributed by atoms with Crippen molar-refractivity contribution in [1.29, 1.82) is 0 Å². The number of anilines is 1. The van der Waals surface area contributed by atoms with Gasteiger partial charge in [0, 0.05) is 11.1 Å². The molecule has 160 valence electrons. The van der Waals surface area contributed by atoms with Crippen LogP contribution >= 0.6 is 0 Å². The van der Waals surface area contributed by atoms with Crippen LogP contribution in [0.3, 0.4) is 0 Å². The van der Waals surface area contributed by atoms with E-state index in [0.717, 1.165) is 5.56 Å². The zero-order chi connectivity index (χ0) is 22.4. The molecule has 3 rings (SSSR count). The Labute approximate surface area is 183 Å². The van der Waals surface area contributed by atoms with Gasteiger partial charge >= 0.3 is 5.97 Å². The molecule has 0 bridgehead atoms. The molecular weight excluding hydrogens is 390 g/mol. The van der Waals surface area contributed by atoms with Crippen LogP contribution in [0, 0.1) is 0 Å². The molecule has 3 aromatic rings. The van der Waals surface area contributed by atoms with Gasteiger partial charge < -0.3 is 14.8 Å². The number of hydrogen-bond donors (Lipinski definition) is 1. The lowest BCUT2D eigenvalue weighted by atomic mass is 9.78. The zero-order valence-corrected chi connectivity index (χ0v) is 18.2. The summed E-state index contributed by atoms with van der Waals surface area (Å²) in [5, 5.41) is 2.77. The van der Waals surface area contributed by atoms with Crippen molar-refractivity contribution < 1.29 is 19.1 Å². The van der Waals surface area contributed by atoms with Crippen LogP contribution in [0.25, 0.3) is 0 Å². The second-order valence-electron chi connectivity index (χ2n) is 7.84. The van der Waals surface area contributed by atoms with Gasteiger partial charge in [-0.15, -0.1) is 0 Å². The van der Waals surface area contributed by atoms with E-state index in [1.807, 2.05) is 42.5 Å². The average molecular weight is 418 g/mol. The third-order valence-electron chi connectivity index (χ3n) is 5.30. The van der Waals surface area contributed by atoms with Crippen molar-refractivity contribution in [2.24, 2.45) is 0 Å². The van der Waals surface area contributed by atoms with Gasteiger partial charge in [-0.3, -0.25) is 4.79 Å². The molecule has 0 aliphatic rings. The van der Waals surface area contributed by atoms with Gasteiger partial charge in [-0.25, -0.2) is 4.79 Å². The Morgan fingerprint density at radius 3 is 2.16 bits per heavy atom. The molecule has 5 nitrogen and oxygen atoms in total. The van der Waals surface area contributed by atoms with Gasteiger partial charge in [-0.05, 0) is 48.4 Å². The number of esters is 1. The normalized spacial score (nSPS) is 12.0. The van der Waals surface area contributed by atoms with Crippen LogP contribution in [-0.4, -0.2) is 25.1 Å². The average Bonchev–Trinajstić information content (AvgIpc) is 2.79. The summed E-state index contributed by atoms with van der Waals surface area (Å²) < 4.78 is 10.5. The molecule has 0 spiro atoms. The third kappa shape index (κ3) is 5.31. The second kappa shape index (κ2) is 9.47. The van der Waals surface area contributed by atoms with Crippen molar-refractivity contribution in [1.82, 2.24) is 0 Å². The first-order valence-electron chi connectivity index (χ1n) is 10.1. The van der Waals surface area contributed by atoms with Gasteiger partial charge in [-0.1, -0.05) is 62.4 Å². The predicted octanol–water partition coefficient (Wildman–Crippen LogP) is 5.21. The molecule has 0 aliphatic heterocycles. The molecule has 1 unspecified atom stereocenters. The first-order chi connectivity index (χ1) is 14.8. The Hall–Kier alpha value is -3.60. The molecule has 0 heterocycles. The predicted molar refractivity (Wildman–Crippen MR) is 122 cm³/mol. The lowest BCUT2D eigenvalue weighted by Crippen LogP contribution is -2.30. The van der Waals surface area contributed by atoms with E-state index in [4.69, 9.17) is 9.47 Å². The number of nitrogens with one attached hydrogen (secondary N) is 1. The van der Waals surface area contributed by atoms with Crippen molar-refractivity contribution in [2.45, 2.75) is 32.3 Å². The van der Waals surface area contributed by atoms with E-state index >= 15 is 0 Å². The maximum atomic E-state index is 12.5. The van der Waals surface area contributed by atoms with E-state index in [1.54, 1.807) is 31.2 Å².